The highest BCUT2D eigenvalue weighted by Crippen LogP contribution is 2.14. The summed E-state index contributed by atoms with van der Waals surface area (Å²) in [7, 11) is 0. The van der Waals surface area contributed by atoms with Gasteiger partial charge in [0.2, 0.25) is 5.91 Å². The molecule has 0 spiro atoms. The molecule has 1 aliphatic heterocycles. The predicted molar refractivity (Wildman–Crippen MR) is 50.9 cm³/mol. The van der Waals surface area contributed by atoms with E-state index in [1.165, 1.54) is 6.92 Å². The average Bonchev–Trinajstić information content (AvgIpc) is 2.47. The standard InChI is InChI=1S/C9H16N2O3/c1-7(12)10-4-8-2-3-11(5-8)6-9(13)14/h8H,2-6H2,1H3,(H,10,12)(H,13,14)/t8-/m0/s1. The van der Waals surface area contributed by atoms with Crippen LogP contribution in [0.1, 0.15) is 13.3 Å². The Balaban J connectivity index is 2.20. The Kier molecular flexibility index (Phi) is 3.88. The van der Waals surface area contributed by atoms with E-state index < -0.39 is 5.97 Å². The van der Waals surface area contributed by atoms with Crippen LogP contribution in [0.4, 0.5) is 0 Å². The molecule has 0 aliphatic carbocycles. The largest absolute Gasteiger partial charge is 0.480 e. The van der Waals surface area contributed by atoms with Gasteiger partial charge in [-0.1, -0.05) is 0 Å². The summed E-state index contributed by atoms with van der Waals surface area (Å²) in [5.41, 5.74) is 0. The Morgan fingerprint density at radius 3 is 2.86 bits per heavy atom. The van der Waals surface area contributed by atoms with E-state index in [1.54, 1.807) is 0 Å². The summed E-state index contributed by atoms with van der Waals surface area (Å²) in [6, 6.07) is 0. The van der Waals surface area contributed by atoms with Gasteiger partial charge in [-0.25, -0.2) is 0 Å². The van der Waals surface area contributed by atoms with Gasteiger partial charge in [0.15, 0.2) is 0 Å². The van der Waals surface area contributed by atoms with E-state index in [1.807, 2.05) is 4.90 Å². The summed E-state index contributed by atoms with van der Waals surface area (Å²) >= 11 is 0. The van der Waals surface area contributed by atoms with E-state index in [0.717, 1.165) is 19.5 Å². The fraction of sp³-hybridized carbons (Fsp3) is 0.778. The molecule has 1 fully saturated rings. The maximum absolute atomic E-state index is 10.6. The molecule has 14 heavy (non-hydrogen) atoms. The Morgan fingerprint density at radius 2 is 2.29 bits per heavy atom. The molecule has 0 aromatic heterocycles. The van der Waals surface area contributed by atoms with Gasteiger partial charge in [-0.05, 0) is 18.9 Å². The quantitative estimate of drug-likeness (QED) is 0.643. The molecule has 5 nitrogen and oxygen atoms in total. The van der Waals surface area contributed by atoms with Crippen molar-refractivity contribution < 1.29 is 14.7 Å². The van der Waals surface area contributed by atoms with E-state index in [-0.39, 0.29) is 12.5 Å². The Morgan fingerprint density at radius 1 is 1.57 bits per heavy atom. The SMILES string of the molecule is CC(=O)NC[C@@H]1CCN(CC(=O)O)C1. The van der Waals surface area contributed by atoms with Crippen LogP contribution in [0.15, 0.2) is 0 Å². The van der Waals surface area contributed by atoms with E-state index in [9.17, 15) is 9.59 Å². The van der Waals surface area contributed by atoms with Gasteiger partial charge in [-0.3, -0.25) is 14.5 Å². The van der Waals surface area contributed by atoms with Crippen molar-refractivity contribution in [1.29, 1.82) is 0 Å². The van der Waals surface area contributed by atoms with Crippen LogP contribution in [0.25, 0.3) is 0 Å². The average molecular weight is 200 g/mol. The maximum atomic E-state index is 10.6. The molecule has 1 atom stereocenters. The highest BCUT2D eigenvalue weighted by molar-refractivity contribution is 5.72. The van der Waals surface area contributed by atoms with Crippen LogP contribution in [0.5, 0.6) is 0 Å². The van der Waals surface area contributed by atoms with Gasteiger partial charge in [-0.2, -0.15) is 0 Å². The van der Waals surface area contributed by atoms with Crippen LogP contribution >= 0.6 is 0 Å². The first-order chi connectivity index (χ1) is 6.58. The number of carboxylic acids is 1. The molecular weight excluding hydrogens is 184 g/mol. The van der Waals surface area contributed by atoms with Crippen molar-refractivity contribution in [3.8, 4) is 0 Å². The van der Waals surface area contributed by atoms with Crippen molar-refractivity contribution in [2.45, 2.75) is 13.3 Å². The summed E-state index contributed by atoms with van der Waals surface area (Å²) in [6.07, 6.45) is 0.966. The van der Waals surface area contributed by atoms with E-state index in [2.05, 4.69) is 5.32 Å². The van der Waals surface area contributed by atoms with Crippen molar-refractivity contribution >= 4 is 11.9 Å². The van der Waals surface area contributed by atoms with Crippen LogP contribution < -0.4 is 5.32 Å². The Labute approximate surface area is 83.1 Å². The molecule has 1 rings (SSSR count). The molecule has 5 heteroatoms. The number of carbonyl (C=O) groups excluding carboxylic acids is 1. The van der Waals surface area contributed by atoms with Gasteiger partial charge >= 0.3 is 5.97 Å². The Hall–Kier alpha value is -1.10. The summed E-state index contributed by atoms with van der Waals surface area (Å²) in [6.45, 7) is 3.84. The van der Waals surface area contributed by atoms with Crippen molar-refractivity contribution in [1.82, 2.24) is 10.2 Å². The molecule has 0 saturated carbocycles. The normalized spacial score (nSPS) is 22.2. The number of likely N-dealkylation sites (tertiary alicyclic amines) is 1. The van der Waals surface area contributed by atoms with Crippen molar-refractivity contribution in [2.24, 2.45) is 5.92 Å². The number of carbonyl (C=O) groups is 2. The minimum Gasteiger partial charge on any atom is -0.480 e. The van der Waals surface area contributed by atoms with Crippen molar-refractivity contribution in [3.05, 3.63) is 0 Å². The van der Waals surface area contributed by atoms with Crippen LogP contribution in [0.3, 0.4) is 0 Å². The number of hydrogen-bond acceptors (Lipinski definition) is 3. The van der Waals surface area contributed by atoms with Crippen LogP contribution in [-0.2, 0) is 9.59 Å². The third kappa shape index (κ3) is 3.74. The van der Waals surface area contributed by atoms with E-state index in [4.69, 9.17) is 5.11 Å². The molecule has 2 N–H and O–H groups in total. The van der Waals surface area contributed by atoms with Gasteiger partial charge in [0.25, 0.3) is 0 Å². The minimum atomic E-state index is -0.787. The van der Waals surface area contributed by atoms with E-state index >= 15 is 0 Å². The van der Waals surface area contributed by atoms with Crippen LogP contribution in [-0.4, -0.2) is 48.1 Å². The van der Waals surface area contributed by atoms with Gasteiger partial charge in [0, 0.05) is 20.0 Å². The molecule has 0 aromatic rings. The van der Waals surface area contributed by atoms with Crippen LogP contribution in [0, 0.1) is 5.92 Å². The Bertz CT molecular complexity index is 230. The topological polar surface area (TPSA) is 69.6 Å². The second kappa shape index (κ2) is 4.95. The zero-order valence-electron chi connectivity index (χ0n) is 8.32. The van der Waals surface area contributed by atoms with Crippen molar-refractivity contribution in [2.75, 3.05) is 26.2 Å². The molecule has 1 amide bonds. The maximum Gasteiger partial charge on any atom is 0.317 e. The molecule has 0 aromatic carbocycles. The predicted octanol–water partition coefficient (Wildman–Crippen LogP) is -0.471. The number of hydrogen-bond donors (Lipinski definition) is 2. The van der Waals surface area contributed by atoms with Crippen LogP contribution in [0.2, 0.25) is 0 Å². The third-order valence-corrected chi connectivity index (χ3v) is 2.37. The van der Waals surface area contributed by atoms with Crippen molar-refractivity contribution in [3.63, 3.8) is 0 Å². The number of carboxylic acid groups (broad SMARTS) is 1. The summed E-state index contributed by atoms with van der Waals surface area (Å²) in [5.74, 6) is -0.412. The lowest BCUT2D eigenvalue weighted by Gasteiger charge is -2.13. The molecule has 0 bridgehead atoms. The third-order valence-electron chi connectivity index (χ3n) is 2.37. The molecule has 80 valence electrons. The van der Waals surface area contributed by atoms with Gasteiger partial charge in [0.05, 0.1) is 6.54 Å². The van der Waals surface area contributed by atoms with Gasteiger partial charge in [0.1, 0.15) is 0 Å². The fourth-order valence-corrected chi connectivity index (χ4v) is 1.70. The molecule has 1 heterocycles. The number of amides is 1. The first kappa shape index (κ1) is 11.0. The number of nitrogens with zero attached hydrogens (tertiary/aromatic N) is 1. The molecule has 0 unspecified atom stereocenters. The second-order valence-electron chi connectivity index (χ2n) is 3.72. The lowest BCUT2D eigenvalue weighted by molar-refractivity contribution is -0.138. The molecule has 0 radical (unpaired) electrons. The van der Waals surface area contributed by atoms with Gasteiger partial charge in [-0.15, -0.1) is 0 Å². The monoisotopic (exact) mass is 200 g/mol. The second-order valence-corrected chi connectivity index (χ2v) is 3.72. The first-order valence-electron chi connectivity index (χ1n) is 4.76. The zero-order chi connectivity index (χ0) is 10.6. The first-order valence-corrected chi connectivity index (χ1v) is 4.76. The number of nitrogens with one attached hydrogen (secondary N) is 1. The number of aliphatic carboxylic acids is 1. The smallest absolute Gasteiger partial charge is 0.317 e. The zero-order valence-corrected chi connectivity index (χ0v) is 8.32. The summed E-state index contributed by atoms with van der Waals surface area (Å²) in [4.78, 5) is 23.0. The molecule has 1 saturated heterocycles. The van der Waals surface area contributed by atoms with Gasteiger partial charge < -0.3 is 10.4 Å². The molecule has 1 aliphatic rings. The summed E-state index contributed by atoms with van der Waals surface area (Å²) in [5, 5.41) is 11.3. The molecular formula is C9H16N2O3. The lowest BCUT2D eigenvalue weighted by Crippen LogP contribution is -2.31. The van der Waals surface area contributed by atoms with E-state index in [0.29, 0.717) is 12.5 Å². The summed E-state index contributed by atoms with van der Waals surface area (Å²) < 4.78 is 0. The highest BCUT2D eigenvalue weighted by Gasteiger charge is 2.23. The number of rotatable bonds is 4. The minimum absolute atomic E-state index is 0.0262. The lowest BCUT2D eigenvalue weighted by atomic mass is 10.1. The fourth-order valence-electron chi connectivity index (χ4n) is 1.70. The highest BCUT2D eigenvalue weighted by atomic mass is 16.4.